The highest BCUT2D eigenvalue weighted by molar-refractivity contribution is 7.91. The van der Waals surface area contributed by atoms with Crippen LogP contribution in [0, 0.1) is 5.92 Å². The summed E-state index contributed by atoms with van der Waals surface area (Å²) in [6.45, 7) is 2.62. The fourth-order valence-electron chi connectivity index (χ4n) is 4.04. The molecule has 1 saturated carbocycles. The van der Waals surface area contributed by atoms with Crippen LogP contribution in [0.4, 0.5) is 0 Å². The van der Waals surface area contributed by atoms with Gasteiger partial charge in [0.1, 0.15) is 5.75 Å². The summed E-state index contributed by atoms with van der Waals surface area (Å²) in [5.41, 5.74) is 2.05. The summed E-state index contributed by atoms with van der Waals surface area (Å²) in [7, 11) is 0.301. The molecule has 4 rings (SSSR count). The Morgan fingerprint density at radius 2 is 2.10 bits per heavy atom. The molecule has 1 aliphatic heterocycles. The molecule has 8 heteroatoms. The maximum atomic E-state index is 13.0. The van der Waals surface area contributed by atoms with E-state index in [1.807, 2.05) is 29.8 Å². The summed E-state index contributed by atoms with van der Waals surface area (Å²) in [6, 6.07) is 7.99. The molecular weight excluding hydrogens is 402 g/mol. The molecule has 0 bridgehead atoms. The van der Waals surface area contributed by atoms with Crippen LogP contribution in [0.2, 0.25) is 0 Å². The second-order valence-electron chi connectivity index (χ2n) is 8.53. The van der Waals surface area contributed by atoms with Crippen LogP contribution in [0.25, 0.3) is 0 Å². The minimum atomic E-state index is -3.39. The highest BCUT2D eigenvalue weighted by atomic mass is 32.2. The fraction of sp³-hybridized carbons (Fsp3) is 0.591. The first-order chi connectivity index (χ1) is 14.4. The number of aromatic nitrogens is 2. The lowest BCUT2D eigenvalue weighted by Gasteiger charge is -2.20. The molecule has 30 heavy (non-hydrogen) atoms. The molecule has 0 N–H and O–H groups in total. The van der Waals surface area contributed by atoms with E-state index < -0.39 is 9.84 Å². The van der Waals surface area contributed by atoms with Gasteiger partial charge in [0.15, 0.2) is 0 Å². The molecule has 0 radical (unpaired) electrons. The standard InChI is InChI=1S/C22H31N3O4S/c1-24(13-18-5-3-6-20(11-18)28-2)14-19-12-23-22(30(26,27)16-17-8-9-17)25(19)15-21-7-4-10-29-21/h3,5-6,11-12,17,21H,4,7-10,13-16H2,1-2H3/t21-/m1/s1. The van der Waals surface area contributed by atoms with E-state index in [-0.39, 0.29) is 17.0 Å². The number of benzene rings is 1. The smallest absolute Gasteiger partial charge is 0.227 e. The summed E-state index contributed by atoms with van der Waals surface area (Å²) < 4.78 is 39.0. The van der Waals surface area contributed by atoms with E-state index in [2.05, 4.69) is 16.0 Å². The van der Waals surface area contributed by atoms with Crippen LogP contribution in [0.15, 0.2) is 35.6 Å². The molecule has 1 aromatic heterocycles. The van der Waals surface area contributed by atoms with Gasteiger partial charge in [0.25, 0.3) is 0 Å². The second-order valence-corrected chi connectivity index (χ2v) is 10.5. The van der Waals surface area contributed by atoms with E-state index in [1.54, 1.807) is 13.3 Å². The lowest BCUT2D eigenvalue weighted by Crippen LogP contribution is -2.25. The first-order valence-corrected chi connectivity index (χ1v) is 12.3. The number of rotatable bonds is 10. The zero-order valence-corrected chi connectivity index (χ0v) is 18.6. The van der Waals surface area contributed by atoms with Crippen molar-refractivity contribution in [3.05, 3.63) is 41.7 Å². The molecule has 2 aliphatic rings. The summed E-state index contributed by atoms with van der Waals surface area (Å²) in [5, 5.41) is 0.203. The molecule has 0 amide bonds. The Morgan fingerprint density at radius 3 is 2.80 bits per heavy atom. The van der Waals surface area contributed by atoms with Crippen LogP contribution >= 0.6 is 0 Å². The van der Waals surface area contributed by atoms with Crippen LogP contribution in [-0.4, -0.2) is 55.5 Å². The van der Waals surface area contributed by atoms with Crippen LogP contribution in [0.1, 0.15) is 36.9 Å². The molecule has 1 aliphatic carbocycles. The zero-order valence-electron chi connectivity index (χ0n) is 17.8. The Kier molecular flexibility index (Phi) is 6.46. The third-order valence-corrected chi connectivity index (χ3v) is 7.55. The summed E-state index contributed by atoms with van der Waals surface area (Å²) in [6.07, 6.45) is 5.76. The molecule has 1 saturated heterocycles. The van der Waals surface area contributed by atoms with Crippen molar-refractivity contribution in [2.45, 2.75) is 56.6 Å². The highest BCUT2D eigenvalue weighted by Gasteiger charge is 2.33. The van der Waals surface area contributed by atoms with Gasteiger partial charge in [-0.2, -0.15) is 0 Å². The average molecular weight is 434 g/mol. The van der Waals surface area contributed by atoms with Gasteiger partial charge in [0, 0.05) is 19.7 Å². The third kappa shape index (κ3) is 5.22. The number of methoxy groups -OCH3 is 1. The summed E-state index contributed by atoms with van der Waals surface area (Å²) in [5.74, 6) is 1.33. The monoisotopic (exact) mass is 433 g/mol. The van der Waals surface area contributed by atoms with E-state index in [1.165, 1.54) is 0 Å². The zero-order chi connectivity index (χ0) is 21.1. The number of sulfone groups is 1. The Hall–Kier alpha value is -1.90. The van der Waals surface area contributed by atoms with Gasteiger partial charge < -0.3 is 14.0 Å². The Morgan fingerprint density at radius 1 is 1.27 bits per heavy atom. The van der Waals surface area contributed by atoms with Gasteiger partial charge in [-0.25, -0.2) is 13.4 Å². The Balaban J connectivity index is 1.53. The van der Waals surface area contributed by atoms with Crippen molar-refractivity contribution in [3.63, 3.8) is 0 Å². The SMILES string of the molecule is COc1cccc(CN(C)Cc2cnc(S(=O)(=O)CC3CC3)n2C[C@H]2CCCO2)c1. The summed E-state index contributed by atoms with van der Waals surface area (Å²) >= 11 is 0. The summed E-state index contributed by atoms with van der Waals surface area (Å²) in [4.78, 5) is 6.53. The molecular formula is C22H31N3O4S. The first kappa shape index (κ1) is 21.3. The van der Waals surface area contributed by atoms with Crippen molar-refractivity contribution in [3.8, 4) is 5.75 Å². The van der Waals surface area contributed by atoms with Crippen molar-refractivity contribution in [1.82, 2.24) is 14.5 Å². The van der Waals surface area contributed by atoms with Gasteiger partial charge in [0.2, 0.25) is 15.0 Å². The molecule has 2 heterocycles. The van der Waals surface area contributed by atoms with E-state index in [0.29, 0.717) is 19.0 Å². The number of imidazole rings is 1. The Bertz CT molecular complexity index is 963. The molecule has 0 unspecified atom stereocenters. The lowest BCUT2D eigenvalue weighted by molar-refractivity contribution is 0.0934. The van der Waals surface area contributed by atoms with E-state index >= 15 is 0 Å². The van der Waals surface area contributed by atoms with Crippen LogP contribution in [0.5, 0.6) is 5.75 Å². The number of ether oxygens (including phenoxy) is 2. The first-order valence-electron chi connectivity index (χ1n) is 10.6. The van der Waals surface area contributed by atoms with Gasteiger partial charge >= 0.3 is 0 Å². The van der Waals surface area contributed by atoms with E-state index in [4.69, 9.17) is 9.47 Å². The van der Waals surface area contributed by atoms with Gasteiger partial charge in [-0.1, -0.05) is 12.1 Å². The number of nitrogens with zero attached hydrogens (tertiary/aromatic N) is 3. The Labute approximate surface area is 178 Å². The number of hydrogen-bond acceptors (Lipinski definition) is 6. The minimum Gasteiger partial charge on any atom is -0.497 e. The fourth-order valence-corrected chi connectivity index (χ4v) is 5.88. The molecule has 164 valence electrons. The molecule has 2 aromatic rings. The molecule has 1 aromatic carbocycles. The van der Waals surface area contributed by atoms with Gasteiger partial charge in [0.05, 0.1) is 37.4 Å². The van der Waals surface area contributed by atoms with E-state index in [0.717, 1.165) is 55.8 Å². The van der Waals surface area contributed by atoms with E-state index in [9.17, 15) is 8.42 Å². The maximum absolute atomic E-state index is 13.0. The van der Waals surface area contributed by atoms with Gasteiger partial charge in [-0.05, 0) is 56.3 Å². The van der Waals surface area contributed by atoms with Crippen LogP contribution < -0.4 is 4.74 Å². The minimum absolute atomic E-state index is 0.0523. The third-order valence-electron chi connectivity index (χ3n) is 5.76. The normalized spacial score (nSPS) is 19.5. The largest absolute Gasteiger partial charge is 0.497 e. The van der Waals surface area contributed by atoms with Crippen LogP contribution in [-0.2, 0) is 34.2 Å². The molecule has 0 spiro atoms. The van der Waals surface area contributed by atoms with Crippen molar-refractivity contribution >= 4 is 9.84 Å². The highest BCUT2D eigenvalue weighted by Crippen LogP contribution is 2.32. The predicted octanol–water partition coefficient (Wildman–Crippen LogP) is 2.89. The van der Waals surface area contributed by atoms with Crippen molar-refractivity contribution < 1.29 is 17.9 Å². The number of hydrogen-bond donors (Lipinski definition) is 0. The second kappa shape index (κ2) is 9.08. The van der Waals surface area contributed by atoms with Crippen molar-refractivity contribution in [1.29, 1.82) is 0 Å². The predicted molar refractivity (Wildman–Crippen MR) is 114 cm³/mol. The van der Waals surface area contributed by atoms with Crippen molar-refractivity contribution in [2.24, 2.45) is 5.92 Å². The van der Waals surface area contributed by atoms with Gasteiger partial charge in [-0.15, -0.1) is 0 Å². The topological polar surface area (TPSA) is 73.7 Å². The maximum Gasteiger partial charge on any atom is 0.227 e. The molecule has 2 fully saturated rings. The van der Waals surface area contributed by atoms with Crippen LogP contribution in [0.3, 0.4) is 0 Å². The molecule has 1 atom stereocenters. The average Bonchev–Trinajstić information content (AvgIpc) is 3.20. The van der Waals surface area contributed by atoms with Gasteiger partial charge in [-0.3, -0.25) is 4.90 Å². The lowest BCUT2D eigenvalue weighted by atomic mass is 10.2. The van der Waals surface area contributed by atoms with Crippen molar-refractivity contribution in [2.75, 3.05) is 26.5 Å². The molecule has 7 nitrogen and oxygen atoms in total. The quantitative estimate of drug-likeness (QED) is 0.574.